The zero-order chi connectivity index (χ0) is 20.5. The van der Waals surface area contributed by atoms with Crippen molar-refractivity contribution in [2.45, 2.75) is 56.8 Å². The first-order valence-corrected chi connectivity index (χ1v) is 9.59. The predicted molar refractivity (Wildman–Crippen MR) is 99.3 cm³/mol. The molecule has 3 N–H and O–H groups in total. The van der Waals surface area contributed by atoms with E-state index in [0.717, 1.165) is 12.1 Å². The Morgan fingerprint density at radius 3 is 2.61 bits per heavy atom. The number of piperidine rings is 1. The summed E-state index contributed by atoms with van der Waals surface area (Å²) in [6, 6.07) is 2.87. The molecule has 2 heterocycles. The number of hydrogen-bond donors (Lipinski definition) is 3. The molecule has 0 aliphatic carbocycles. The van der Waals surface area contributed by atoms with Crippen LogP contribution in [0.2, 0.25) is 0 Å². The van der Waals surface area contributed by atoms with Gasteiger partial charge in [-0.25, -0.2) is 4.39 Å². The summed E-state index contributed by atoms with van der Waals surface area (Å²) in [6.07, 6.45) is 1.76. The van der Waals surface area contributed by atoms with Gasteiger partial charge in [-0.2, -0.15) is 0 Å². The number of phenols is 1. The molecule has 0 radical (unpaired) electrons. The summed E-state index contributed by atoms with van der Waals surface area (Å²) in [7, 11) is 0. The first-order valence-electron chi connectivity index (χ1n) is 9.59. The number of benzene rings is 1. The van der Waals surface area contributed by atoms with Crippen LogP contribution in [0.3, 0.4) is 0 Å². The molecule has 2 saturated heterocycles. The third-order valence-corrected chi connectivity index (χ3v) is 5.80. The lowest BCUT2D eigenvalue weighted by molar-refractivity contribution is -0.187. The quantitative estimate of drug-likeness (QED) is 0.723. The summed E-state index contributed by atoms with van der Waals surface area (Å²) in [5, 5.41) is 23.5. The number of nitrogens with one attached hydrogen (secondary N) is 1. The number of carbonyl (C=O) groups is 2. The molecule has 2 amide bonds. The van der Waals surface area contributed by atoms with Gasteiger partial charge in [-0.15, -0.1) is 0 Å². The van der Waals surface area contributed by atoms with Crippen LogP contribution in [0.25, 0.3) is 0 Å². The number of likely N-dealkylation sites (tertiary alicyclic amines) is 1. The van der Waals surface area contributed by atoms with Crippen molar-refractivity contribution in [1.29, 1.82) is 0 Å². The van der Waals surface area contributed by atoms with Crippen molar-refractivity contribution in [1.82, 2.24) is 10.2 Å². The van der Waals surface area contributed by atoms with E-state index in [1.807, 2.05) is 0 Å². The maximum absolute atomic E-state index is 13.1. The van der Waals surface area contributed by atoms with Crippen molar-refractivity contribution in [3.05, 3.63) is 29.6 Å². The summed E-state index contributed by atoms with van der Waals surface area (Å²) in [6.45, 7) is 4.47. The number of carbonyl (C=O) groups excluding carboxylic acids is 2. The zero-order valence-electron chi connectivity index (χ0n) is 16.2. The number of halogens is 1. The van der Waals surface area contributed by atoms with Gasteiger partial charge in [-0.1, -0.05) is 6.92 Å². The molecule has 2 aliphatic rings. The molecule has 8 heteroatoms. The number of nitrogens with zero attached hydrogens (tertiary/aromatic N) is 1. The molecule has 154 valence electrons. The van der Waals surface area contributed by atoms with Gasteiger partial charge in [-0.05, 0) is 31.9 Å². The van der Waals surface area contributed by atoms with Crippen LogP contribution in [0.1, 0.15) is 49.9 Å². The molecule has 2 fully saturated rings. The van der Waals surface area contributed by atoms with Crippen molar-refractivity contribution >= 4 is 11.8 Å². The molecular formula is C20H27FN2O5. The number of ether oxygens (including phenoxy) is 1. The van der Waals surface area contributed by atoms with Gasteiger partial charge in [0.15, 0.2) is 0 Å². The first kappa shape index (κ1) is 20.5. The Kier molecular flexibility index (Phi) is 5.63. The Balaban J connectivity index is 1.63. The Morgan fingerprint density at radius 2 is 2.04 bits per heavy atom. The van der Waals surface area contributed by atoms with Crippen molar-refractivity contribution in [2.75, 3.05) is 19.7 Å². The average molecular weight is 394 g/mol. The Hall–Kier alpha value is -2.19. The molecule has 3 rings (SSSR count). The maximum Gasteiger partial charge on any atom is 0.257 e. The Morgan fingerprint density at radius 1 is 1.36 bits per heavy atom. The topological polar surface area (TPSA) is 99.1 Å². The second-order valence-electron chi connectivity index (χ2n) is 7.96. The van der Waals surface area contributed by atoms with Crippen LogP contribution in [-0.2, 0) is 9.53 Å². The molecule has 7 nitrogen and oxygen atoms in total. The summed E-state index contributed by atoms with van der Waals surface area (Å²) in [5.41, 5.74) is -1.60. The highest BCUT2D eigenvalue weighted by Crippen LogP contribution is 2.40. The number of hydrogen-bond acceptors (Lipinski definition) is 5. The molecule has 2 atom stereocenters. The van der Waals surface area contributed by atoms with Gasteiger partial charge < -0.3 is 25.2 Å². The zero-order valence-corrected chi connectivity index (χ0v) is 16.2. The van der Waals surface area contributed by atoms with Gasteiger partial charge in [0, 0.05) is 32.0 Å². The van der Waals surface area contributed by atoms with Crippen LogP contribution in [0.15, 0.2) is 18.2 Å². The van der Waals surface area contributed by atoms with E-state index in [1.165, 1.54) is 6.07 Å². The molecule has 1 aromatic carbocycles. The minimum Gasteiger partial charge on any atom is -0.507 e. The lowest BCUT2D eigenvalue weighted by atomic mass is 9.75. The van der Waals surface area contributed by atoms with Crippen LogP contribution < -0.4 is 5.32 Å². The van der Waals surface area contributed by atoms with Crippen molar-refractivity contribution in [2.24, 2.45) is 0 Å². The number of phenolic OH excluding ortho intramolecular Hbond substituents is 1. The molecule has 1 spiro atoms. The van der Waals surface area contributed by atoms with E-state index in [2.05, 4.69) is 5.32 Å². The monoisotopic (exact) mass is 394 g/mol. The van der Waals surface area contributed by atoms with Gasteiger partial charge >= 0.3 is 0 Å². The number of aromatic hydroxyl groups is 1. The molecule has 0 saturated carbocycles. The van der Waals surface area contributed by atoms with Gasteiger partial charge in [-0.3, -0.25) is 9.59 Å². The minimum atomic E-state index is -1.11. The van der Waals surface area contributed by atoms with E-state index in [9.17, 15) is 24.2 Å². The molecule has 2 aliphatic heterocycles. The molecule has 0 aromatic heterocycles. The van der Waals surface area contributed by atoms with Crippen LogP contribution >= 0.6 is 0 Å². The van der Waals surface area contributed by atoms with Crippen LogP contribution in [0.5, 0.6) is 5.75 Å². The van der Waals surface area contributed by atoms with Gasteiger partial charge in [0.1, 0.15) is 11.6 Å². The maximum atomic E-state index is 13.1. The van der Waals surface area contributed by atoms with Gasteiger partial charge in [0.2, 0.25) is 5.91 Å². The summed E-state index contributed by atoms with van der Waals surface area (Å²) < 4.78 is 19.2. The fraction of sp³-hybridized carbons (Fsp3) is 0.600. The molecular weight excluding hydrogens is 367 g/mol. The second-order valence-corrected chi connectivity index (χ2v) is 7.96. The summed E-state index contributed by atoms with van der Waals surface area (Å²) in [4.78, 5) is 25.9. The number of rotatable bonds is 3. The molecule has 0 unspecified atom stereocenters. The van der Waals surface area contributed by atoms with Gasteiger partial charge in [0.05, 0.1) is 29.4 Å². The van der Waals surface area contributed by atoms with Gasteiger partial charge in [0.25, 0.3) is 5.91 Å². The predicted octanol–water partition coefficient (Wildman–Crippen LogP) is 1.57. The second kappa shape index (κ2) is 7.67. The standard InChI is InChI=1S/C20H27FN2O5/c1-3-17(25)22-16-11-28-20(12-19(16,2)27)6-8-23(9-7-20)18(26)14-5-4-13(21)10-15(14)24/h4-5,10,16,24,27H,3,6-9,11-12H2,1-2H3,(H,22,25)/t16-,19-/m0/s1. The van der Waals surface area contributed by atoms with Crippen molar-refractivity contribution in [3.8, 4) is 5.75 Å². The minimum absolute atomic E-state index is 0.0660. The van der Waals surface area contributed by atoms with Crippen LogP contribution in [0, 0.1) is 5.82 Å². The summed E-state index contributed by atoms with van der Waals surface area (Å²) >= 11 is 0. The Labute approximate surface area is 163 Å². The van der Waals surface area contributed by atoms with Crippen LogP contribution in [-0.4, -0.2) is 63.9 Å². The highest BCUT2D eigenvalue weighted by Gasteiger charge is 2.49. The lowest BCUT2D eigenvalue weighted by Crippen LogP contribution is -2.64. The van der Waals surface area contributed by atoms with E-state index < -0.39 is 23.1 Å². The van der Waals surface area contributed by atoms with E-state index in [1.54, 1.807) is 18.7 Å². The average Bonchev–Trinajstić information content (AvgIpc) is 2.64. The normalized spacial score (nSPS) is 26.9. The van der Waals surface area contributed by atoms with E-state index in [0.29, 0.717) is 38.8 Å². The highest BCUT2D eigenvalue weighted by atomic mass is 19.1. The lowest BCUT2D eigenvalue weighted by Gasteiger charge is -2.51. The Bertz CT molecular complexity index is 759. The SMILES string of the molecule is CCC(=O)N[C@H]1COC2(CCN(C(=O)c3ccc(F)cc3O)CC2)C[C@]1(C)O. The fourth-order valence-corrected chi connectivity index (χ4v) is 4.05. The number of amides is 2. The third kappa shape index (κ3) is 4.12. The van der Waals surface area contributed by atoms with Crippen LogP contribution in [0.4, 0.5) is 4.39 Å². The van der Waals surface area contributed by atoms with E-state index in [-0.39, 0.29) is 29.7 Å². The largest absolute Gasteiger partial charge is 0.507 e. The fourth-order valence-electron chi connectivity index (χ4n) is 4.05. The first-order chi connectivity index (χ1) is 13.2. The number of aliphatic hydroxyl groups is 1. The van der Waals surface area contributed by atoms with E-state index in [4.69, 9.17) is 4.74 Å². The van der Waals surface area contributed by atoms with Crippen molar-refractivity contribution in [3.63, 3.8) is 0 Å². The van der Waals surface area contributed by atoms with E-state index >= 15 is 0 Å². The molecule has 1 aromatic rings. The third-order valence-electron chi connectivity index (χ3n) is 5.80. The van der Waals surface area contributed by atoms with Crippen molar-refractivity contribution < 1.29 is 28.9 Å². The smallest absolute Gasteiger partial charge is 0.257 e. The molecule has 28 heavy (non-hydrogen) atoms. The highest BCUT2D eigenvalue weighted by molar-refractivity contribution is 5.96. The molecule has 0 bridgehead atoms. The summed E-state index contributed by atoms with van der Waals surface area (Å²) in [5.74, 6) is -1.47.